The van der Waals surface area contributed by atoms with Crippen molar-refractivity contribution in [3.05, 3.63) is 53.6 Å². The maximum absolute atomic E-state index is 6.46. The molecule has 0 saturated carbocycles. The lowest BCUT2D eigenvalue weighted by Crippen LogP contribution is -2.55. The molecule has 10 radical (unpaired) electrons. The van der Waals surface area contributed by atoms with Gasteiger partial charge in [-0.2, -0.15) is 0 Å². The Morgan fingerprint density at radius 1 is 0.542 bits per heavy atom. The van der Waals surface area contributed by atoms with E-state index in [-0.39, 0.29) is 16.4 Å². The van der Waals surface area contributed by atoms with Crippen LogP contribution in [0.15, 0.2) is 48.5 Å². The van der Waals surface area contributed by atoms with Crippen LogP contribution in [0.5, 0.6) is 0 Å². The molecule has 3 aromatic carbocycles. The zero-order valence-corrected chi connectivity index (χ0v) is 13.6. The minimum atomic E-state index is 0.192. The molecular formula is C18H8B5Cl. The first kappa shape index (κ1) is 17.1. The second-order valence-corrected chi connectivity index (χ2v) is 5.88. The van der Waals surface area contributed by atoms with Crippen LogP contribution in [0.3, 0.4) is 0 Å². The highest BCUT2D eigenvalue weighted by molar-refractivity contribution is 6.68. The summed E-state index contributed by atoms with van der Waals surface area (Å²) in [4.78, 5) is 0. The van der Waals surface area contributed by atoms with Crippen LogP contribution in [0.2, 0.25) is 5.02 Å². The third kappa shape index (κ3) is 2.76. The van der Waals surface area contributed by atoms with Crippen molar-refractivity contribution in [1.29, 1.82) is 0 Å². The monoisotopic (exact) mass is 314 g/mol. The van der Waals surface area contributed by atoms with Gasteiger partial charge >= 0.3 is 0 Å². The molecule has 3 aromatic rings. The van der Waals surface area contributed by atoms with Crippen LogP contribution in [0, 0.1) is 0 Å². The van der Waals surface area contributed by atoms with Crippen molar-refractivity contribution in [2.45, 2.75) is 0 Å². The van der Waals surface area contributed by atoms with Gasteiger partial charge in [0.2, 0.25) is 0 Å². The summed E-state index contributed by atoms with van der Waals surface area (Å²) in [6.45, 7) is 0. The minimum Gasteiger partial charge on any atom is -0.112 e. The minimum absolute atomic E-state index is 0.192. The van der Waals surface area contributed by atoms with Crippen molar-refractivity contribution < 1.29 is 0 Å². The van der Waals surface area contributed by atoms with Gasteiger partial charge in [0.25, 0.3) is 0 Å². The van der Waals surface area contributed by atoms with Crippen molar-refractivity contribution in [1.82, 2.24) is 0 Å². The summed E-state index contributed by atoms with van der Waals surface area (Å²) in [5, 5.41) is 0.575. The van der Waals surface area contributed by atoms with Crippen molar-refractivity contribution in [3.63, 3.8) is 0 Å². The Labute approximate surface area is 154 Å². The van der Waals surface area contributed by atoms with Gasteiger partial charge in [0.15, 0.2) is 0 Å². The SMILES string of the molecule is [B]c1c([B])c([B])c(-c2cccc(Cl)c2-c2ccccc2)c([B])c1[B]. The fraction of sp³-hybridized carbons (Fsp3) is 0. The number of hydrogen-bond donors (Lipinski definition) is 0. The first-order valence-electron chi connectivity index (χ1n) is 7.29. The van der Waals surface area contributed by atoms with E-state index in [0.717, 1.165) is 16.7 Å². The Bertz CT molecular complexity index is 893. The van der Waals surface area contributed by atoms with E-state index in [1.807, 2.05) is 48.5 Å². The lowest BCUT2D eigenvalue weighted by Gasteiger charge is -2.23. The van der Waals surface area contributed by atoms with Gasteiger partial charge in [-0.15, -0.1) is 16.4 Å². The first-order valence-corrected chi connectivity index (χ1v) is 7.67. The maximum atomic E-state index is 6.46. The smallest absolute Gasteiger partial charge is 0.112 e. The third-order valence-corrected chi connectivity index (χ3v) is 4.36. The summed E-state index contributed by atoms with van der Waals surface area (Å²) in [7, 11) is 30.3. The summed E-state index contributed by atoms with van der Waals surface area (Å²) < 4.78 is 0. The highest BCUT2D eigenvalue weighted by Crippen LogP contribution is 2.35. The summed E-state index contributed by atoms with van der Waals surface area (Å²) in [6, 6.07) is 15.2. The number of halogens is 1. The van der Waals surface area contributed by atoms with E-state index >= 15 is 0 Å². The molecule has 0 aliphatic carbocycles. The predicted octanol–water partition coefficient (Wildman–Crippen LogP) is -0.357. The molecular weight excluding hydrogens is 306 g/mol. The Hall–Kier alpha value is -1.73. The highest BCUT2D eigenvalue weighted by atomic mass is 35.5. The summed E-state index contributed by atoms with van der Waals surface area (Å²) >= 11 is 6.46. The zero-order chi connectivity index (χ0) is 17.4. The quantitative estimate of drug-likeness (QED) is 0.567. The number of benzene rings is 3. The molecule has 0 saturated heterocycles. The topological polar surface area (TPSA) is 0 Å². The molecule has 24 heavy (non-hydrogen) atoms. The van der Waals surface area contributed by atoms with Crippen molar-refractivity contribution in [2.75, 3.05) is 0 Å². The largest absolute Gasteiger partial charge is 0.113 e. The average Bonchev–Trinajstić information content (AvgIpc) is 2.59. The van der Waals surface area contributed by atoms with E-state index in [2.05, 4.69) is 0 Å². The lowest BCUT2D eigenvalue weighted by atomic mass is 9.59. The molecule has 0 bridgehead atoms. The fourth-order valence-corrected chi connectivity index (χ4v) is 3.05. The molecule has 6 heteroatoms. The van der Waals surface area contributed by atoms with Crippen molar-refractivity contribution in [3.8, 4) is 22.3 Å². The fourth-order valence-electron chi connectivity index (χ4n) is 2.77. The van der Waals surface area contributed by atoms with Gasteiger partial charge in [0.1, 0.15) is 39.2 Å². The first-order chi connectivity index (χ1) is 11.4. The van der Waals surface area contributed by atoms with Crippen LogP contribution < -0.4 is 27.3 Å². The molecule has 0 aliphatic heterocycles. The van der Waals surface area contributed by atoms with Gasteiger partial charge in [0.05, 0.1) is 0 Å². The molecule has 0 nitrogen and oxygen atoms in total. The number of hydrogen-bond acceptors (Lipinski definition) is 0. The molecule has 0 fully saturated rings. The molecule has 0 unspecified atom stereocenters. The standard InChI is InChI=1S/C18H8B5Cl/c19-14-13(15(20)17(22)18(23)16(14)21)10-7-4-8-11(24)12(10)9-5-2-1-3-6-9/h1-8H. The molecule has 0 atom stereocenters. The van der Waals surface area contributed by atoms with E-state index in [9.17, 15) is 0 Å². The van der Waals surface area contributed by atoms with E-state index in [4.69, 9.17) is 50.8 Å². The summed E-state index contributed by atoms with van der Waals surface area (Å²) in [5.41, 5.74) is 4.25. The normalized spacial score (nSPS) is 10.7. The van der Waals surface area contributed by atoms with Crippen molar-refractivity contribution >= 4 is 78.1 Å². The Morgan fingerprint density at radius 3 is 1.67 bits per heavy atom. The Morgan fingerprint density at radius 2 is 1.08 bits per heavy atom. The van der Waals surface area contributed by atoms with Gasteiger partial charge < -0.3 is 0 Å². The molecule has 0 heterocycles. The molecule has 0 amide bonds. The second kappa shape index (κ2) is 6.65. The van der Waals surface area contributed by atoms with Crippen LogP contribution in [-0.4, -0.2) is 39.2 Å². The highest BCUT2D eigenvalue weighted by Gasteiger charge is 2.17. The molecule has 3 rings (SSSR count). The molecule has 0 aromatic heterocycles. The van der Waals surface area contributed by atoms with E-state index < -0.39 is 0 Å². The van der Waals surface area contributed by atoms with Gasteiger partial charge in [-0.25, -0.2) is 0 Å². The molecule has 0 N–H and O–H groups in total. The van der Waals surface area contributed by atoms with Crippen LogP contribution >= 0.6 is 11.6 Å². The average molecular weight is 314 g/mol. The molecule has 0 spiro atoms. The third-order valence-electron chi connectivity index (χ3n) is 4.04. The van der Waals surface area contributed by atoms with Crippen LogP contribution in [0.1, 0.15) is 0 Å². The van der Waals surface area contributed by atoms with Gasteiger partial charge in [0, 0.05) is 10.6 Å². The zero-order valence-electron chi connectivity index (χ0n) is 12.9. The maximum Gasteiger partial charge on any atom is 0.113 e. The van der Waals surface area contributed by atoms with E-state index in [1.54, 1.807) is 0 Å². The summed E-state index contributed by atoms with van der Waals surface area (Å²) in [5.74, 6) is 0. The Balaban J connectivity index is 2.40. The number of rotatable bonds is 2. The molecule has 102 valence electrons. The lowest BCUT2D eigenvalue weighted by molar-refractivity contribution is 1.61. The van der Waals surface area contributed by atoms with Crippen LogP contribution in [0.4, 0.5) is 0 Å². The van der Waals surface area contributed by atoms with Gasteiger partial charge in [-0.05, 0) is 22.8 Å². The van der Waals surface area contributed by atoms with E-state index in [0.29, 0.717) is 21.5 Å². The van der Waals surface area contributed by atoms with Gasteiger partial charge in [-0.3, -0.25) is 0 Å². The van der Waals surface area contributed by atoms with E-state index in [1.165, 1.54) is 0 Å². The van der Waals surface area contributed by atoms with Crippen LogP contribution in [-0.2, 0) is 0 Å². The van der Waals surface area contributed by atoms with Gasteiger partial charge in [-0.1, -0.05) is 65.0 Å². The second-order valence-electron chi connectivity index (χ2n) is 5.47. The van der Waals surface area contributed by atoms with Crippen molar-refractivity contribution in [2.24, 2.45) is 0 Å². The molecule has 0 aliphatic rings. The summed E-state index contributed by atoms with van der Waals surface area (Å²) in [6.07, 6.45) is 0. The van der Waals surface area contributed by atoms with Crippen LogP contribution in [0.25, 0.3) is 22.3 Å². The Kier molecular flexibility index (Phi) is 4.74. The predicted molar refractivity (Wildman–Crippen MR) is 109 cm³/mol.